The zero-order chi connectivity index (χ0) is 16.1. The van der Waals surface area contributed by atoms with Gasteiger partial charge in [0.1, 0.15) is 18.2 Å². The van der Waals surface area contributed by atoms with Gasteiger partial charge in [0.05, 0.1) is 25.9 Å². The number of hydrogen-bond donors (Lipinski definition) is 1. The van der Waals surface area contributed by atoms with Crippen molar-refractivity contribution in [3.63, 3.8) is 0 Å². The first-order chi connectivity index (χ1) is 10.2. The fraction of sp³-hybridized carbons (Fsp3) is 0.933. The molecule has 0 bridgehead atoms. The van der Waals surface area contributed by atoms with Gasteiger partial charge in [-0.05, 0) is 27.7 Å². The number of nitrogens with one attached hydrogen (secondary N) is 1. The van der Waals surface area contributed by atoms with E-state index in [0.29, 0.717) is 13.0 Å². The molecule has 3 aliphatic rings. The monoisotopic (exact) mass is 315 g/mol. The van der Waals surface area contributed by atoms with Crippen LogP contribution in [-0.4, -0.2) is 61.7 Å². The molecule has 0 aromatic rings. The Labute approximate surface area is 130 Å². The third-order valence-electron chi connectivity index (χ3n) is 4.35. The standard InChI is InChI=1S/C15H25NO6/c1-14(2)19-7-10(21-14)11-12-9(20-15(3,4)22-12)6-8(16-11)13(17)18-5/h8-12,16H,6-7H2,1-5H3/t8-,9-,10-,11?,12-/m1/s1. The predicted octanol–water partition coefficient (Wildman–Crippen LogP) is 0.562. The molecule has 3 rings (SSSR count). The van der Waals surface area contributed by atoms with E-state index in [1.807, 2.05) is 27.7 Å². The molecule has 0 amide bonds. The molecule has 126 valence electrons. The van der Waals surface area contributed by atoms with E-state index < -0.39 is 17.6 Å². The summed E-state index contributed by atoms with van der Waals surface area (Å²) in [6.45, 7) is 7.96. The molecule has 7 nitrogen and oxygen atoms in total. The number of ether oxygens (including phenoxy) is 5. The van der Waals surface area contributed by atoms with Crippen LogP contribution in [0.25, 0.3) is 0 Å². The van der Waals surface area contributed by atoms with E-state index in [-0.39, 0.29) is 30.3 Å². The molecule has 0 aromatic heterocycles. The van der Waals surface area contributed by atoms with Crippen LogP contribution in [0.4, 0.5) is 0 Å². The van der Waals surface area contributed by atoms with Gasteiger partial charge in [0.15, 0.2) is 11.6 Å². The summed E-state index contributed by atoms with van der Waals surface area (Å²) >= 11 is 0. The van der Waals surface area contributed by atoms with Crippen molar-refractivity contribution in [3.05, 3.63) is 0 Å². The van der Waals surface area contributed by atoms with Crippen LogP contribution < -0.4 is 5.32 Å². The molecule has 0 spiro atoms. The van der Waals surface area contributed by atoms with E-state index in [1.54, 1.807) is 0 Å². The SMILES string of the molecule is COC(=O)[C@H]1C[C@H]2OC(C)(C)O[C@H]2C([C@H]2COC(C)(C)O2)N1. The summed E-state index contributed by atoms with van der Waals surface area (Å²) in [4.78, 5) is 12.0. The van der Waals surface area contributed by atoms with Crippen LogP contribution in [-0.2, 0) is 28.5 Å². The Balaban J connectivity index is 1.80. The highest BCUT2D eigenvalue weighted by Gasteiger charge is 2.54. The first-order valence-electron chi connectivity index (χ1n) is 7.72. The number of hydrogen-bond acceptors (Lipinski definition) is 7. The van der Waals surface area contributed by atoms with Crippen molar-refractivity contribution in [1.82, 2.24) is 5.32 Å². The summed E-state index contributed by atoms with van der Waals surface area (Å²) in [5, 5.41) is 3.31. The highest BCUT2D eigenvalue weighted by atomic mass is 16.8. The smallest absolute Gasteiger partial charge is 0.322 e. The quantitative estimate of drug-likeness (QED) is 0.746. The van der Waals surface area contributed by atoms with Gasteiger partial charge >= 0.3 is 5.97 Å². The van der Waals surface area contributed by atoms with Crippen LogP contribution in [0.15, 0.2) is 0 Å². The second-order valence-electron chi connectivity index (χ2n) is 7.01. The molecule has 0 radical (unpaired) electrons. The number of rotatable bonds is 2. The van der Waals surface area contributed by atoms with E-state index >= 15 is 0 Å². The molecule has 3 saturated heterocycles. The van der Waals surface area contributed by atoms with E-state index in [4.69, 9.17) is 23.7 Å². The zero-order valence-corrected chi connectivity index (χ0v) is 13.8. The minimum atomic E-state index is -0.671. The summed E-state index contributed by atoms with van der Waals surface area (Å²) in [5.41, 5.74) is 0. The number of esters is 1. The Kier molecular flexibility index (Phi) is 3.98. The van der Waals surface area contributed by atoms with Crippen molar-refractivity contribution in [2.45, 2.75) is 76.1 Å². The van der Waals surface area contributed by atoms with Crippen molar-refractivity contribution in [1.29, 1.82) is 0 Å². The third kappa shape index (κ3) is 3.00. The minimum Gasteiger partial charge on any atom is -0.468 e. The summed E-state index contributed by atoms with van der Waals surface area (Å²) in [6.07, 6.45) is -0.0302. The first kappa shape index (κ1) is 16.1. The van der Waals surface area contributed by atoms with Crippen molar-refractivity contribution >= 4 is 5.97 Å². The maximum absolute atomic E-state index is 12.0. The van der Waals surface area contributed by atoms with Crippen molar-refractivity contribution in [2.24, 2.45) is 0 Å². The number of fused-ring (bicyclic) bond motifs is 1. The molecule has 3 aliphatic heterocycles. The Hall–Kier alpha value is -0.730. The fourth-order valence-electron chi connectivity index (χ4n) is 3.50. The minimum absolute atomic E-state index is 0.169. The molecule has 22 heavy (non-hydrogen) atoms. The Morgan fingerprint density at radius 2 is 1.77 bits per heavy atom. The summed E-state index contributed by atoms with van der Waals surface area (Å²) in [5.74, 6) is -1.60. The number of methoxy groups -OCH3 is 1. The van der Waals surface area contributed by atoms with Gasteiger partial charge in [0.2, 0.25) is 0 Å². The molecule has 5 atom stereocenters. The lowest BCUT2D eigenvalue weighted by Gasteiger charge is -2.38. The van der Waals surface area contributed by atoms with Crippen LogP contribution in [0.3, 0.4) is 0 Å². The average Bonchev–Trinajstić information content (AvgIpc) is 2.94. The van der Waals surface area contributed by atoms with Crippen molar-refractivity contribution < 1.29 is 28.5 Å². The number of piperidine rings is 1. The first-order valence-corrected chi connectivity index (χ1v) is 7.72. The van der Waals surface area contributed by atoms with E-state index in [2.05, 4.69) is 5.32 Å². The molecular weight excluding hydrogens is 290 g/mol. The van der Waals surface area contributed by atoms with Gasteiger partial charge in [-0.3, -0.25) is 10.1 Å². The van der Waals surface area contributed by atoms with Crippen LogP contribution >= 0.6 is 0 Å². The molecule has 3 heterocycles. The number of carbonyl (C=O) groups is 1. The topological polar surface area (TPSA) is 75.3 Å². The lowest BCUT2D eigenvalue weighted by molar-refractivity contribution is -0.160. The maximum Gasteiger partial charge on any atom is 0.322 e. The molecule has 0 aliphatic carbocycles. The number of carbonyl (C=O) groups excluding carboxylic acids is 1. The van der Waals surface area contributed by atoms with Gasteiger partial charge in [0.25, 0.3) is 0 Å². The Bertz CT molecular complexity index is 451. The molecule has 1 unspecified atom stereocenters. The second kappa shape index (κ2) is 5.42. The molecule has 1 N–H and O–H groups in total. The molecule has 7 heteroatoms. The highest BCUT2D eigenvalue weighted by molar-refractivity contribution is 5.76. The van der Waals surface area contributed by atoms with Gasteiger partial charge < -0.3 is 23.7 Å². The normalized spacial score (nSPS) is 42.9. The van der Waals surface area contributed by atoms with Crippen LogP contribution in [0, 0.1) is 0 Å². The summed E-state index contributed by atoms with van der Waals surface area (Å²) in [7, 11) is 1.39. The predicted molar refractivity (Wildman–Crippen MR) is 76.1 cm³/mol. The van der Waals surface area contributed by atoms with Gasteiger partial charge in [0, 0.05) is 6.42 Å². The van der Waals surface area contributed by atoms with Crippen molar-refractivity contribution in [3.8, 4) is 0 Å². The molecule has 0 aromatic carbocycles. The Morgan fingerprint density at radius 1 is 1.09 bits per heavy atom. The lowest BCUT2D eigenvalue weighted by Crippen LogP contribution is -2.63. The van der Waals surface area contributed by atoms with Crippen LogP contribution in [0.5, 0.6) is 0 Å². The maximum atomic E-state index is 12.0. The second-order valence-corrected chi connectivity index (χ2v) is 7.01. The van der Waals surface area contributed by atoms with Gasteiger partial charge in [-0.25, -0.2) is 0 Å². The van der Waals surface area contributed by atoms with Gasteiger partial charge in [-0.1, -0.05) is 0 Å². The summed E-state index contributed by atoms with van der Waals surface area (Å²) < 4.78 is 28.5. The van der Waals surface area contributed by atoms with Gasteiger partial charge in [-0.2, -0.15) is 0 Å². The average molecular weight is 315 g/mol. The lowest BCUT2D eigenvalue weighted by atomic mass is 9.90. The molecule has 3 fully saturated rings. The van der Waals surface area contributed by atoms with Crippen molar-refractivity contribution in [2.75, 3.05) is 13.7 Å². The van der Waals surface area contributed by atoms with E-state index in [0.717, 1.165) is 0 Å². The van der Waals surface area contributed by atoms with Gasteiger partial charge in [-0.15, -0.1) is 0 Å². The summed E-state index contributed by atoms with van der Waals surface area (Å²) in [6, 6.07) is -0.618. The fourth-order valence-corrected chi connectivity index (χ4v) is 3.50. The highest BCUT2D eigenvalue weighted by Crippen LogP contribution is 2.38. The van der Waals surface area contributed by atoms with Crippen LogP contribution in [0.2, 0.25) is 0 Å². The Morgan fingerprint density at radius 3 is 2.36 bits per heavy atom. The molecule has 0 saturated carbocycles. The zero-order valence-electron chi connectivity index (χ0n) is 13.8. The third-order valence-corrected chi connectivity index (χ3v) is 4.35. The largest absolute Gasteiger partial charge is 0.468 e. The molecular formula is C15H25NO6. The van der Waals surface area contributed by atoms with E-state index in [1.165, 1.54) is 7.11 Å². The van der Waals surface area contributed by atoms with E-state index in [9.17, 15) is 4.79 Å². The van der Waals surface area contributed by atoms with Crippen LogP contribution in [0.1, 0.15) is 34.1 Å².